The summed E-state index contributed by atoms with van der Waals surface area (Å²) in [6.45, 7) is 9.44. The van der Waals surface area contributed by atoms with Gasteiger partial charge in [-0.1, -0.05) is 173 Å². The van der Waals surface area contributed by atoms with Crippen LogP contribution in [0.4, 0.5) is 0 Å². The fourth-order valence-corrected chi connectivity index (χ4v) is 12.0. The fraction of sp³-hybridized carbons (Fsp3) is 0.0938. The molecule has 3 heterocycles. The second kappa shape index (κ2) is 14.1. The van der Waals surface area contributed by atoms with Crippen LogP contribution in [0, 0.1) is 0 Å². The molecule has 2 aliphatic rings. The lowest BCUT2D eigenvalue weighted by molar-refractivity contribution is 0.660. The highest BCUT2D eigenvalue weighted by Gasteiger charge is 2.37. The van der Waals surface area contributed by atoms with Crippen molar-refractivity contribution in [2.75, 3.05) is 0 Å². The van der Waals surface area contributed by atoms with Gasteiger partial charge in [0.15, 0.2) is 5.82 Å². The van der Waals surface area contributed by atoms with Gasteiger partial charge in [0.1, 0.15) is 11.6 Å². The number of fused-ring (bicyclic) bond motifs is 12. The minimum Gasteiger partial charge on any atom is -0.294 e. The van der Waals surface area contributed by atoms with Crippen molar-refractivity contribution < 1.29 is 0 Å². The molecular weight excluding hydrogens is 825 g/mol. The van der Waals surface area contributed by atoms with Crippen LogP contribution in [0.25, 0.3) is 111 Å². The Bertz CT molecular complexity index is 3740. The zero-order chi connectivity index (χ0) is 45.5. The van der Waals surface area contributed by atoms with E-state index in [1.165, 1.54) is 77.2 Å². The lowest BCUT2D eigenvalue weighted by Crippen LogP contribution is -2.15. The van der Waals surface area contributed by atoms with E-state index >= 15 is 0 Å². The number of benzene rings is 9. The molecule has 0 amide bonds. The van der Waals surface area contributed by atoms with Crippen LogP contribution >= 0.6 is 0 Å². The van der Waals surface area contributed by atoms with Crippen molar-refractivity contribution in [1.82, 2.24) is 19.1 Å². The Morgan fingerprint density at radius 1 is 0.294 bits per heavy atom. The van der Waals surface area contributed by atoms with Crippen molar-refractivity contribution in [2.24, 2.45) is 0 Å². The standard InChI is InChI=1S/C64H46N4/c1-63(2)52-23-11-5-17-44(52)46-31-29-39(36-54(46)63)41-33-42(40-30-32-47-45-18-6-12-24-53(45)64(3,4)55(47)37-40)35-43(34-41)62-65-60(67-56-25-13-7-19-48(56)49-20-8-14-26-57(49)67)38-61(66-62)68-58-27-15-9-21-50(58)51-22-10-16-28-59(51)68/h5-38H,1-4H3. The zero-order valence-electron chi connectivity index (χ0n) is 38.4. The first-order valence-electron chi connectivity index (χ1n) is 23.7. The molecule has 0 bridgehead atoms. The molecule has 4 heteroatoms. The van der Waals surface area contributed by atoms with Gasteiger partial charge in [0.05, 0.1) is 22.1 Å². The van der Waals surface area contributed by atoms with E-state index in [-0.39, 0.29) is 10.8 Å². The molecule has 0 unspecified atom stereocenters. The number of hydrogen-bond donors (Lipinski definition) is 0. The fourth-order valence-electron chi connectivity index (χ4n) is 12.0. The molecule has 14 rings (SSSR count). The highest BCUT2D eigenvalue weighted by molar-refractivity contribution is 6.10. The second-order valence-electron chi connectivity index (χ2n) is 19.8. The SMILES string of the molecule is CC1(C)c2ccccc2-c2ccc(-c3cc(-c4ccc5c(c4)C(C)(C)c4ccccc4-5)cc(-c4nc(-n5c6ccccc6c6ccccc65)cc(-n5c6ccccc6c6ccccc65)n4)c3)cc21. The van der Waals surface area contributed by atoms with Crippen molar-refractivity contribution in [2.45, 2.75) is 38.5 Å². The van der Waals surface area contributed by atoms with Gasteiger partial charge < -0.3 is 0 Å². The third-order valence-electron chi connectivity index (χ3n) is 15.3. The third kappa shape index (κ3) is 5.49. The van der Waals surface area contributed by atoms with E-state index in [1.54, 1.807) is 0 Å². The zero-order valence-corrected chi connectivity index (χ0v) is 38.4. The number of nitrogens with zero attached hydrogens (tertiary/aromatic N) is 4. The van der Waals surface area contributed by atoms with Crippen LogP contribution in [0.3, 0.4) is 0 Å². The lowest BCUT2D eigenvalue weighted by atomic mass is 9.81. The topological polar surface area (TPSA) is 35.6 Å². The minimum absolute atomic E-state index is 0.139. The molecule has 0 saturated heterocycles. The van der Waals surface area contributed by atoms with Gasteiger partial charge in [-0.25, -0.2) is 9.97 Å². The Balaban J connectivity index is 1.05. The number of para-hydroxylation sites is 4. The summed E-state index contributed by atoms with van der Waals surface area (Å²) in [4.78, 5) is 11.3. The van der Waals surface area contributed by atoms with Crippen molar-refractivity contribution in [3.8, 4) is 67.5 Å². The molecule has 4 nitrogen and oxygen atoms in total. The van der Waals surface area contributed by atoms with Crippen LogP contribution < -0.4 is 0 Å². The first kappa shape index (κ1) is 38.9. The second-order valence-corrected chi connectivity index (χ2v) is 19.8. The van der Waals surface area contributed by atoms with Crippen molar-refractivity contribution in [3.63, 3.8) is 0 Å². The largest absolute Gasteiger partial charge is 0.294 e. The first-order valence-corrected chi connectivity index (χ1v) is 23.7. The Kier molecular flexibility index (Phi) is 8.06. The van der Waals surface area contributed by atoms with Gasteiger partial charge in [0.2, 0.25) is 0 Å². The molecule has 2 aliphatic carbocycles. The van der Waals surface area contributed by atoms with E-state index in [0.29, 0.717) is 5.82 Å². The maximum atomic E-state index is 5.64. The Morgan fingerprint density at radius 2 is 0.632 bits per heavy atom. The Morgan fingerprint density at radius 3 is 1.04 bits per heavy atom. The summed E-state index contributed by atoms with van der Waals surface area (Å²) in [6.07, 6.45) is 0. The van der Waals surface area contributed by atoms with E-state index in [1.807, 2.05) is 0 Å². The van der Waals surface area contributed by atoms with Crippen LogP contribution in [0.2, 0.25) is 0 Å². The predicted octanol–water partition coefficient (Wildman–Crippen LogP) is 16.3. The lowest BCUT2D eigenvalue weighted by Gasteiger charge is -2.22. The summed E-state index contributed by atoms with van der Waals surface area (Å²) in [5, 5.41) is 4.76. The highest BCUT2D eigenvalue weighted by Crippen LogP contribution is 2.52. The first-order chi connectivity index (χ1) is 33.2. The van der Waals surface area contributed by atoms with E-state index < -0.39 is 0 Å². The van der Waals surface area contributed by atoms with Gasteiger partial charge in [0, 0.05) is 44.0 Å². The number of hydrogen-bond acceptors (Lipinski definition) is 2. The molecule has 0 fully saturated rings. The van der Waals surface area contributed by atoms with Gasteiger partial charge in [-0.15, -0.1) is 0 Å². The van der Waals surface area contributed by atoms with Crippen LogP contribution in [0.5, 0.6) is 0 Å². The average Bonchev–Trinajstić information content (AvgIpc) is 4.05. The van der Waals surface area contributed by atoms with Crippen molar-refractivity contribution in [1.29, 1.82) is 0 Å². The Hall–Kier alpha value is -8.34. The molecule has 0 radical (unpaired) electrons. The molecule has 0 atom stereocenters. The van der Waals surface area contributed by atoms with Gasteiger partial charge in [0.25, 0.3) is 0 Å². The maximum Gasteiger partial charge on any atom is 0.163 e. The summed E-state index contributed by atoms with van der Waals surface area (Å²) in [6, 6.07) is 75.7. The van der Waals surface area contributed by atoms with Crippen molar-refractivity contribution in [3.05, 3.63) is 229 Å². The minimum atomic E-state index is -0.139. The van der Waals surface area contributed by atoms with Crippen LogP contribution in [0.1, 0.15) is 49.9 Å². The van der Waals surface area contributed by atoms with Crippen molar-refractivity contribution >= 4 is 43.6 Å². The van der Waals surface area contributed by atoms with Gasteiger partial charge in [-0.3, -0.25) is 9.13 Å². The quantitative estimate of drug-likeness (QED) is 0.173. The molecule has 0 N–H and O–H groups in total. The molecule has 68 heavy (non-hydrogen) atoms. The van der Waals surface area contributed by atoms with Gasteiger partial charge >= 0.3 is 0 Å². The molecule has 322 valence electrons. The summed E-state index contributed by atoms with van der Waals surface area (Å²) in [7, 11) is 0. The summed E-state index contributed by atoms with van der Waals surface area (Å²) >= 11 is 0. The summed E-state index contributed by atoms with van der Waals surface area (Å²) in [5.74, 6) is 2.28. The van der Waals surface area contributed by atoms with Crippen LogP contribution in [-0.2, 0) is 10.8 Å². The normalized spacial score (nSPS) is 14.1. The number of aromatic nitrogens is 4. The van der Waals surface area contributed by atoms with Gasteiger partial charge in [-0.2, -0.15) is 0 Å². The monoisotopic (exact) mass is 870 g/mol. The third-order valence-corrected chi connectivity index (χ3v) is 15.3. The van der Waals surface area contributed by atoms with Gasteiger partial charge in [-0.05, 0) is 121 Å². The molecular formula is C64H46N4. The highest BCUT2D eigenvalue weighted by atomic mass is 15.1. The summed E-state index contributed by atoms with van der Waals surface area (Å²) < 4.78 is 4.64. The molecule has 0 saturated carbocycles. The molecule has 3 aromatic heterocycles. The average molecular weight is 871 g/mol. The van der Waals surface area contributed by atoms with E-state index in [0.717, 1.165) is 50.4 Å². The smallest absolute Gasteiger partial charge is 0.163 e. The molecule has 0 aliphatic heterocycles. The Labute approximate surface area is 395 Å². The predicted molar refractivity (Wildman–Crippen MR) is 282 cm³/mol. The molecule has 0 spiro atoms. The molecule has 12 aromatic rings. The number of rotatable bonds is 5. The molecule has 9 aromatic carbocycles. The summed E-state index contributed by atoms with van der Waals surface area (Å²) in [5.41, 5.74) is 20.4. The van der Waals surface area contributed by atoms with Crippen LogP contribution in [-0.4, -0.2) is 19.1 Å². The maximum absolute atomic E-state index is 5.64. The van der Waals surface area contributed by atoms with Crippen LogP contribution in [0.15, 0.2) is 206 Å². The van der Waals surface area contributed by atoms with E-state index in [9.17, 15) is 0 Å². The van der Waals surface area contributed by atoms with E-state index in [2.05, 4.69) is 243 Å². The van der Waals surface area contributed by atoms with E-state index in [4.69, 9.17) is 9.97 Å².